The first kappa shape index (κ1) is 16.8. The van der Waals surface area contributed by atoms with Crippen molar-refractivity contribution in [2.24, 2.45) is 0 Å². The van der Waals surface area contributed by atoms with Gasteiger partial charge >= 0.3 is 5.97 Å². The normalized spacial score (nSPS) is 10.2. The summed E-state index contributed by atoms with van der Waals surface area (Å²) in [5, 5.41) is 14.8. The molecule has 0 unspecified atom stereocenters. The molecule has 2 aromatic rings. The lowest BCUT2D eigenvalue weighted by Gasteiger charge is -2.04. The summed E-state index contributed by atoms with van der Waals surface area (Å²) in [7, 11) is 0. The molecule has 2 rings (SSSR count). The second-order valence-electron chi connectivity index (χ2n) is 4.13. The number of rotatable bonds is 5. The Labute approximate surface area is 139 Å². The van der Waals surface area contributed by atoms with E-state index >= 15 is 0 Å². The van der Waals surface area contributed by atoms with E-state index < -0.39 is 16.8 Å². The van der Waals surface area contributed by atoms with Crippen LogP contribution in [0, 0.1) is 10.1 Å². The van der Waals surface area contributed by atoms with Crippen LogP contribution in [-0.4, -0.2) is 28.4 Å². The summed E-state index contributed by atoms with van der Waals surface area (Å²) in [4.78, 5) is 37.7. The third kappa shape index (κ3) is 4.02. The number of nitrogens with zero attached hydrogens (tertiary/aromatic N) is 2. The number of ether oxygens (including phenoxy) is 1. The van der Waals surface area contributed by atoms with Crippen LogP contribution in [0.4, 0.5) is 10.8 Å². The standard InChI is InChI=1S/C13H10ClN3O5S/c1-2-22-12(19)10-6-23-13(15-10)16-11(18)8-5-7(17(20)21)3-4-9(8)14/h3-6H,2H2,1H3,(H,15,16,18). The maximum atomic E-state index is 12.1. The molecule has 1 aromatic carbocycles. The number of esters is 1. The largest absolute Gasteiger partial charge is 0.461 e. The molecule has 1 heterocycles. The quantitative estimate of drug-likeness (QED) is 0.501. The summed E-state index contributed by atoms with van der Waals surface area (Å²) in [6.45, 7) is 1.87. The Morgan fingerprint density at radius 3 is 2.87 bits per heavy atom. The molecule has 0 bridgehead atoms. The molecule has 0 fully saturated rings. The van der Waals surface area contributed by atoms with Gasteiger partial charge in [-0.05, 0) is 13.0 Å². The van der Waals surface area contributed by atoms with Crippen molar-refractivity contribution in [2.45, 2.75) is 6.92 Å². The van der Waals surface area contributed by atoms with Crippen molar-refractivity contribution in [2.75, 3.05) is 11.9 Å². The predicted octanol–water partition coefficient (Wildman–Crippen LogP) is 3.13. The minimum absolute atomic E-state index is 0.0613. The Kier molecular flexibility index (Phi) is 5.24. The van der Waals surface area contributed by atoms with Crippen molar-refractivity contribution in [3.8, 4) is 0 Å². The lowest BCUT2D eigenvalue weighted by atomic mass is 10.2. The van der Waals surface area contributed by atoms with Crippen LogP contribution in [-0.2, 0) is 4.74 Å². The van der Waals surface area contributed by atoms with Gasteiger partial charge < -0.3 is 4.74 Å². The zero-order chi connectivity index (χ0) is 17.0. The Morgan fingerprint density at radius 2 is 2.22 bits per heavy atom. The highest BCUT2D eigenvalue weighted by Crippen LogP contribution is 2.24. The molecule has 0 spiro atoms. The average Bonchev–Trinajstić information content (AvgIpc) is 2.96. The lowest BCUT2D eigenvalue weighted by molar-refractivity contribution is -0.384. The fraction of sp³-hybridized carbons (Fsp3) is 0.154. The number of hydrogen-bond donors (Lipinski definition) is 1. The van der Waals surface area contributed by atoms with E-state index in [2.05, 4.69) is 10.3 Å². The van der Waals surface area contributed by atoms with Gasteiger partial charge in [0.25, 0.3) is 11.6 Å². The van der Waals surface area contributed by atoms with Gasteiger partial charge in [-0.1, -0.05) is 11.6 Å². The number of carbonyl (C=O) groups excluding carboxylic acids is 2. The number of anilines is 1. The summed E-state index contributed by atoms with van der Waals surface area (Å²) >= 11 is 6.91. The summed E-state index contributed by atoms with van der Waals surface area (Å²) < 4.78 is 4.79. The third-order valence-corrected chi connectivity index (χ3v) is 3.70. The van der Waals surface area contributed by atoms with E-state index in [0.717, 1.165) is 17.4 Å². The summed E-state index contributed by atoms with van der Waals surface area (Å²) in [5.41, 5.74) is -0.253. The van der Waals surface area contributed by atoms with Crippen LogP contribution >= 0.6 is 22.9 Å². The highest BCUT2D eigenvalue weighted by atomic mass is 35.5. The van der Waals surface area contributed by atoms with Crippen LogP contribution in [0.1, 0.15) is 27.8 Å². The van der Waals surface area contributed by atoms with E-state index in [1.54, 1.807) is 6.92 Å². The number of aromatic nitrogens is 1. The van der Waals surface area contributed by atoms with Gasteiger partial charge in [-0.2, -0.15) is 0 Å². The van der Waals surface area contributed by atoms with E-state index in [1.807, 2.05) is 0 Å². The molecule has 1 amide bonds. The summed E-state index contributed by atoms with van der Waals surface area (Å²) in [6, 6.07) is 3.53. The van der Waals surface area contributed by atoms with E-state index in [1.165, 1.54) is 17.5 Å². The van der Waals surface area contributed by atoms with Gasteiger partial charge in [0.1, 0.15) is 0 Å². The van der Waals surface area contributed by atoms with Crippen LogP contribution in [0.15, 0.2) is 23.6 Å². The molecule has 0 radical (unpaired) electrons. The fourth-order valence-electron chi connectivity index (χ4n) is 1.60. The number of hydrogen-bond acceptors (Lipinski definition) is 7. The van der Waals surface area contributed by atoms with E-state index in [9.17, 15) is 19.7 Å². The lowest BCUT2D eigenvalue weighted by Crippen LogP contribution is -2.13. The van der Waals surface area contributed by atoms with Gasteiger partial charge in [0.2, 0.25) is 0 Å². The SMILES string of the molecule is CCOC(=O)c1csc(NC(=O)c2cc([N+](=O)[O-])ccc2Cl)n1. The minimum atomic E-state index is -0.663. The Hall–Kier alpha value is -2.52. The Bertz CT molecular complexity index is 777. The summed E-state index contributed by atoms with van der Waals surface area (Å²) in [6.07, 6.45) is 0. The van der Waals surface area contributed by atoms with Gasteiger partial charge in [-0.25, -0.2) is 9.78 Å². The number of nitro groups is 1. The first-order valence-corrected chi connectivity index (χ1v) is 7.56. The molecule has 0 atom stereocenters. The minimum Gasteiger partial charge on any atom is -0.461 e. The Balaban J connectivity index is 2.18. The van der Waals surface area contributed by atoms with Crippen LogP contribution in [0.25, 0.3) is 0 Å². The van der Waals surface area contributed by atoms with Crippen molar-refractivity contribution in [3.05, 3.63) is 50.0 Å². The maximum absolute atomic E-state index is 12.1. The van der Waals surface area contributed by atoms with Gasteiger partial charge in [-0.3, -0.25) is 20.2 Å². The monoisotopic (exact) mass is 355 g/mol. The number of amides is 1. The highest BCUT2D eigenvalue weighted by Gasteiger charge is 2.18. The van der Waals surface area contributed by atoms with Gasteiger partial charge in [0.05, 0.1) is 22.1 Å². The second kappa shape index (κ2) is 7.16. The van der Waals surface area contributed by atoms with Crippen molar-refractivity contribution in [1.82, 2.24) is 4.98 Å². The number of benzene rings is 1. The zero-order valence-corrected chi connectivity index (χ0v) is 13.3. The maximum Gasteiger partial charge on any atom is 0.357 e. The van der Waals surface area contributed by atoms with Gasteiger partial charge in [0.15, 0.2) is 10.8 Å². The number of nitrogens with one attached hydrogen (secondary N) is 1. The molecule has 0 saturated carbocycles. The number of carbonyl (C=O) groups is 2. The zero-order valence-electron chi connectivity index (χ0n) is 11.7. The molecule has 0 saturated heterocycles. The van der Waals surface area contributed by atoms with Crippen molar-refractivity contribution < 1.29 is 19.2 Å². The van der Waals surface area contributed by atoms with Crippen LogP contribution in [0.3, 0.4) is 0 Å². The first-order valence-electron chi connectivity index (χ1n) is 6.30. The van der Waals surface area contributed by atoms with E-state index in [0.29, 0.717) is 0 Å². The molecule has 10 heteroatoms. The van der Waals surface area contributed by atoms with E-state index in [4.69, 9.17) is 16.3 Å². The second-order valence-corrected chi connectivity index (χ2v) is 5.40. The molecule has 1 aromatic heterocycles. The molecule has 23 heavy (non-hydrogen) atoms. The first-order chi connectivity index (χ1) is 10.9. The van der Waals surface area contributed by atoms with Crippen molar-refractivity contribution in [1.29, 1.82) is 0 Å². The van der Waals surface area contributed by atoms with Crippen LogP contribution in [0.2, 0.25) is 5.02 Å². The number of halogens is 1. The smallest absolute Gasteiger partial charge is 0.357 e. The molecule has 0 aliphatic carbocycles. The van der Waals surface area contributed by atoms with E-state index in [-0.39, 0.29) is 33.7 Å². The third-order valence-electron chi connectivity index (χ3n) is 2.61. The molecule has 8 nitrogen and oxygen atoms in total. The van der Waals surface area contributed by atoms with Crippen LogP contribution in [0.5, 0.6) is 0 Å². The van der Waals surface area contributed by atoms with Crippen molar-refractivity contribution >= 4 is 45.6 Å². The predicted molar refractivity (Wildman–Crippen MR) is 84.1 cm³/mol. The molecular formula is C13H10ClN3O5S. The molecule has 0 aliphatic heterocycles. The number of thiazole rings is 1. The van der Waals surface area contributed by atoms with Crippen molar-refractivity contribution in [3.63, 3.8) is 0 Å². The molecular weight excluding hydrogens is 346 g/mol. The van der Waals surface area contributed by atoms with Crippen LogP contribution < -0.4 is 5.32 Å². The molecule has 120 valence electrons. The average molecular weight is 356 g/mol. The molecule has 0 aliphatic rings. The topological polar surface area (TPSA) is 111 Å². The van der Waals surface area contributed by atoms with Gasteiger partial charge in [-0.15, -0.1) is 11.3 Å². The number of nitro benzene ring substituents is 1. The molecule has 1 N–H and O–H groups in total. The summed E-state index contributed by atoms with van der Waals surface area (Å²) in [5.74, 6) is -1.26. The number of non-ortho nitro benzene ring substituents is 1. The highest BCUT2D eigenvalue weighted by molar-refractivity contribution is 7.14. The Morgan fingerprint density at radius 1 is 1.48 bits per heavy atom. The fourth-order valence-corrected chi connectivity index (χ4v) is 2.47. The van der Waals surface area contributed by atoms with Gasteiger partial charge in [0, 0.05) is 17.5 Å².